The van der Waals surface area contributed by atoms with Crippen molar-refractivity contribution in [3.05, 3.63) is 41.5 Å². The zero-order valence-electron chi connectivity index (χ0n) is 9.32. The van der Waals surface area contributed by atoms with Gasteiger partial charge in [0.2, 0.25) is 0 Å². The number of carbonyl (C=O) groups is 1. The fraction of sp³-hybridized carbons (Fsp3) is 0.308. The molecule has 0 atom stereocenters. The van der Waals surface area contributed by atoms with Crippen LogP contribution in [0.4, 0.5) is 0 Å². The third kappa shape index (κ3) is 3.68. The van der Waals surface area contributed by atoms with E-state index in [1.165, 1.54) is 25.5 Å². The normalized spacial score (nSPS) is 12.0. The predicted molar refractivity (Wildman–Crippen MR) is 61.5 cm³/mol. The van der Waals surface area contributed by atoms with Gasteiger partial charge in [0, 0.05) is 0 Å². The van der Waals surface area contributed by atoms with Crippen LogP contribution in [-0.2, 0) is 4.79 Å². The van der Waals surface area contributed by atoms with Gasteiger partial charge in [-0.1, -0.05) is 35.9 Å². The van der Waals surface area contributed by atoms with Crippen molar-refractivity contribution in [3.8, 4) is 0 Å². The first-order valence-electron chi connectivity index (χ1n) is 4.91. The summed E-state index contributed by atoms with van der Waals surface area (Å²) in [6.07, 6.45) is 3.12. The van der Waals surface area contributed by atoms with E-state index in [4.69, 9.17) is 0 Å². The Morgan fingerprint density at radius 1 is 1.27 bits per heavy atom. The molecule has 0 aliphatic carbocycles. The minimum Gasteiger partial charge on any atom is -0.382 e. The zero-order chi connectivity index (χ0) is 11.5. The van der Waals surface area contributed by atoms with Crippen molar-refractivity contribution < 1.29 is 9.90 Å². The number of carbonyl (C=O) groups excluding carboxylic acids is 1. The van der Waals surface area contributed by atoms with Crippen molar-refractivity contribution in [1.29, 1.82) is 0 Å². The molecule has 80 valence electrons. The van der Waals surface area contributed by atoms with Crippen LogP contribution in [-0.4, -0.2) is 16.5 Å². The molecule has 0 spiro atoms. The fourth-order valence-corrected chi connectivity index (χ4v) is 1.05. The summed E-state index contributed by atoms with van der Waals surface area (Å²) in [5.41, 5.74) is 0.848. The smallest absolute Gasteiger partial charge is 0.186 e. The molecular weight excluding hydrogens is 188 g/mol. The molecule has 0 unspecified atom stereocenters. The number of hydrogen-bond donors (Lipinski definition) is 1. The summed E-state index contributed by atoms with van der Waals surface area (Å²) in [5, 5.41) is 9.41. The molecule has 15 heavy (non-hydrogen) atoms. The van der Waals surface area contributed by atoms with Crippen LogP contribution in [0.25, 0.3) is 6.08 Å². The van der Waals surface area contributed by atoms with E-state index >= 15 is 0 Å². The molecule has 0 aliphatic heterocycles. The maximum Gasteiger partial charge on any atom is 0.186 e. The molecular formula is C13H16O2. The Labute approximate surface area is 90.3 Å². The zero-order valence-corrected chi connectivity index (χ0v) is 9.32. The Morgan fingerprint density at radius 3 is 2.27 bits per heavy atom. The Balaban J connectivity index is 2.74. The van der Waals surface area contributed by atoms with Crippen molar-refractivity contribution >= 4 is 11.9 Å². The van der Waals surface area contributed by atoms with Crippen LogP contribution in [0.3, 0.4) is 0 Å². The third-order valence-corrected chi connectivity index (χ3v) is 2.11. The molecule has 0 saturated carbocycles. The van der Waals surface area contributed by atoms with E-state index in [1.807, 2.05) is 31.2 Å². The first-order valence-corrected chi connectivity index (χ1v) is 4.91. The van der Waals surface area contributed by atoms with Crippen molar-refractivity contribution in [2.75, 3.05) is 0 Å². The van der Waals surface area contributed by atoms with Crippen molar-refractivity contribution in [1.82, 2.24) is 0 Å². The second-order valence-corrected chi connectivity index (χ2v) is 4.17. The maximum atomic E-state index is 11.4. The van der Waals surface area contributed by atoms with Gasteiger partial charge < -0.3 is 5.11 Å². The minimum atomic E-state index is -1.29. The van der Waals surface area contributed by atoms with E-state index in [2.05, 4.69) is 0 Å². The average Bonchev–Trinajstić information content (AvgIpc) is 2.15. The van der Waals surface area contributed by atoms with Gasteiger partial charge in [0.15, 0.2) is 5.78 Å². The van der Waals surface area contributed by atoms with E-state index in [0.717, 1.165) is 5.56 Å². The van der Waals surface area contributed by atoms with E-state index in [0.29, 0.717) is 0 Å². The molecule has 1 aromatic rings. The standard InChI is InChI=1S/C13H16O2/c1-10-4-6-11(7-5-10)8-9-12(14)13(2,3)15/h4-9,15H,1-3H3/b9-8+. The Bertz CT molecular complexity index is 367. The van der Waals surface area contributed by atoms with Crippen LogP contribution in [0, 0.1) is 6.92 Å². The number of ketones is 1. The second-order valence-electron chi connectivity index (χ2n) is 4.17. The molecule has 0 bridgehead atoms. The second kappa shape index (κ2) is 4.41. The van der Waals surface area contributed by atoms with Gasteiger partial charge in [0.25, 0.3) is 0 Å². The highest BCUT2D eigenvalue weighted by atomic mass is 16.3. The molecule has 2 heteroatoms. The van der Waals surface area contributed by atoms with Crippen LogP contribution in [0.5, 0.6) is 0 Å². The van der Waals surface area contributed by atoms with Gasteiger partial charge in [0.1, 0.15) is 5.60 Å². The number of hydrogen-bond acceptors (Lipinski definition) is 2. The number of benzene rings is 1. The van der Waals surface area contributed by atoms with E-state index in [9.17, 15) is 9.90 Å². The largest absolute Gasteiger partial charge is 0.382 e. The van der Waals surface area contributed by atoms with Crippen LogP contribution >= 0.6 is 0 Å². The lowest BCUT2D eigenvalue weighted by atomic mass is 10.0. The molecule has 0 amide bonds. The fourth-order valence-electron chi connectivity index (χ4n) is 1.05. The minimum absolute atomic E-state index is 0.289. The quantitative estimate of drug-likeness (QED) is 0.767. The lowest BCUT2D eigenvalue weighted by Crippen LogP contribution is -2.29. The van der Waals surface area contributed by atoms with Crippen LogP contribution in [0.15, 0.2) is 30.3 Å². The monoisotopic (exact) mass is 204 g/mol. The summed E-state index contributed by atoms with van der Waals surface area (Å²) in [5.74, 6) is -0.289. The van der Waals surface area contributed by atoms with Crippen molar-refractivity contribution in [2.45, 2.75) is 26.4 Å². The first-order chi connectivity index (χ1) is 6.89. The van der Waals surface area contributed by atoms with E-state index in [-0.39, 0.29) is 5.78 Å². The van der Waals surface area contributed by atoms with E-state index in [1.54, 1.807) is 6.08 Å². The Morgan fingerprint density at radius 2 is 1.80 bits per heavy atom. The molecule has 2 nitrogen and oxygen atoms in total. The first kappa shape index (κ1) is 11.7. The van der Waals surface area contributed by atoms with Crippen molar-refractivity contribution in [2.24, 2.45) is 0 Å². The molecule has 0 radical (unpaired) electrons. The van der Waals surface area contributed by atoms with Crippen LogP contribution in [0.1, 0.15) is 25.0 Å². The number of aryl methyl sites for hydroxylation is 1. The van der Waals surface area contributed by atoms with Crippen LogP contribution < -0.4 is 0 Å². The molecule has 0 heterocycles. The maximum absolute atomic E-state index is 11.4. The highest BCUT2D eigenvalue weighted by molar-refractivity contribution is 5.99. The summed E-state index contributed by atoms with van der Waals surface area (Å²) in [6.45, 7) is 4.97. The SMILES string of the molecule is Cc1ccc(/C=C/C(=O)C(C)(C)O)cc1. The van der Waals surface area contributed by atoms with Gasteiger partial charge in [-0.05, 0) is 32.4 Å². The molecule has 1 aromatic carbocycles. The van der Waals surface area contributed by atoms with Gasteiger partial charge in [-0.15, -0.1) is 0 Å². The summed E-state index contributed by atoms with van der Waals surface area (Å²) in [4.78, 5) is 11.4. The summed E-state index contributed by atoms with van der Waals surface area (Å²) in [7, 11) is 0. The topological polar surface area (TPSA) is 37.3 Å². The van der Waals surface area contributed by atoms with Gasteiger partial charge >= 0.3 is 0 Å². The van der Waals surface area contributed by atoms with E-state index < -0.39 is 5.60 Å². The van der Waals surface area contributed by atoms with Gasteiger partial charge in [-0.2, -0.15) is 0 Å². The Hall–Kier alpha value is -1.41. The highest BCUT2D eigenvalue weighted by Crippen LogP contribution is 2.08. The number of rotatable bonds is 3. The van der Waals surface area contributed by atoms with Gasteiger partial charge in [-0.25, -0.2) is 0 Å². The molecule has 0 fully saturated rings. The lowest BCUT2D eigenvalue weighted by Gasteiger charge is -2.11. The molecule has 0 aromatic heterocycles. The Kier molecular flexibility index (Phi) is 3.43. The van der Waals surface area contributed by atoms with Gasteiger partial charge in [-0.3, -0.25) is 4.79 Å². The van der Waals surface area contributed by atoms with Crippen molar-refractivity contribution in [3.63, 3.8) is 0 Å². The third-order valence-electron chi connectivity index (χ3n) is 2.11. The average molecular weight is 204 g/mol. The number of aliphatic hydroxyl groups is 1. The molecule has 1 N–H and O–H groups in total. The summed E-state index contributed by atoms with van der Waals surface area (Å²) >= 11 is 0. The summed E-state index contributed by atoms with van der Waals surface area (Å²) in [6, 6.07) is 7.83. The van der Waals surface area contributed by atoms with Crippen LogP contribution in [0.2, 0.25) is 0 Å². The lowest BCUT2D eigenvalue weighted by molar-refractivity contribution is -0.128. The predicted octanol–water partition coefficient (Wildman–Crippen LogP) is 2.35. The highest BCUT2D eigenvalue weighted by Gasteiger charge is 2.20. The van der Waals surface area contributed by atoms with Gasteiger partial charge in [0.05, 0.1) is 0 Å². The molecule has 0 saturated heterocycles. The molecule has 0 aliphatic rings. The summed E-state index contributed by atoms with van der Waals surface area (Å²) < 4.78 is 0. The molecule has 1 rings (SSSR count).